The molecule has 0 aliphatic heterocycles. The predicted molar refractivity (Wildman–Crippen MR) is 216 cm³/mol. The Bertz CT molecular complexity index is 3220. The van der Waals surface area contributed by atoms with Crippen LogP contribution < -0.4 is 0 Å². The van der Waals surface area contributed by atoms with Gasteiger partial charge in [-0.25, -0.2) is 15.0 Å². The van der Waals surface area contributed by atoms with Crippen LogP contribution in [0.5, 0.6) is 0 Å². The molecule has 11 rings (SSSR count). The summed E-state index contributed by atoms with van der Waals surface area (Å²) < 4.78 is 6.16. The van der Waals surface area contributed by atoms with Crippen LogP contribution in [0.2, 0.25) is 0 Å². The summed E-state index contributed by atoms with van der Waals surface area (Å²) in [4.78, 5) is 17.3. The molecule has 7 heteroatoms. The van der Waals surface area contributed by atoms with Gasteiger partial charge in [0.25, 0.3) is 0 Å². The summed E-state index contributed by atoms with van der Waals surface area (Å²) in [5.41, 5.74) is 9.06. The monoisotopic (exact) mass is 692 g/mol. The fourth-order valence-corrected chi connectivity index (χ4v) is 7.50. The van der Waals surface area contributed by atoms with Gasteiger partial charge >= 0.3 is 0 Å². The molecule has 0 bridgehead atoms. The zero-order valence-corrected chi connectivity index (χ0v) is 28.8. The highest BCUT2D eigenvalue weighted by molar-refractivity contribution is 6.18. The molecular weight excluding hydrogens is 665 g/mol. The highest BCUT2D eigenvalue weighted by atomic mass is 16.3. The van der Waals surface area contributed by atoms with Crippen molar-refractivity contribution < 1.29 is 4.42 Å². The van der Waals surface area contributed by atoms with Crippen molar-refractivity contribution in [2.24, 2.45) is 0 Å². The zero-order chi connectivity index (χ0) is 35.6. The Kier molecular flexibility index (Phi) is 6.72. The number of aromatic nitrogens is 6. The van der Waals surface area contributed by atoms with E-state index >= 15 is 0 Å². The number of hydrogen-bond acceptors (Lipinski definition) is 6. The van der Waals surface area contributed by atoms with E-state index < -0.39 is 0 Å². The molecule has 0 saturated heterocycles. The molecule has 0 radical (unpaired) electrons. The normalized spacial score (nSPS) is 11.7. The van der Waals surface area contributed by atoms with Gasteiger partial charge in [0.15, 0.2) is 17.5 Å². The van der Waals surface area contributed by atoms with E-state index in [4.69, 9.17) is 29.6 Å². The van der Waals surface area contributed by atoms with E-state index in [1.165, 1.54) is 0 Å². The van der Waals surface area contributed by atoms with Crippen molar-refractivity contribution in [2.75, 3.05) is 0 Å². The molecule has 0 aliphatic rings. The van der Waals surface area contributed by atoms with Crippen molar-refractivity contribution in [3.63, 3.8) is 0 Å². The third kappa shape index (κ3) is 4.94. The maximum Gasteiger partial charge on any atom is 0.164 e. The first-order valence-corrected chi connectivity index (χ1v) is 17.8. The van der Waals surface area contributed by atoms with Crippen molar-refractivity contribution >= 4 is 54.5 Å². The summed E-state index contributed by atoms with van der Waals surface area (Å²) in [6.45, 7) is 0. The molecule has 3 aromatic heterocycles. The summed E-state index contributed by atoms with van der Waals surface area (Å²) in [7, 11) is 0. The number of para-hydroxylation sites is 2. The molecule has 0 atom stereocenters. The minimum atomic E-state index is 0.578. The molecule has 3 heterocycles. The van der Waals surface area contributed by atoms with Crippen LogP contribution in [0.25, 0.3) is 105 Å². The van der Waals surface area contributed by atoms with E-state index in [9.17, 15) is 0 Å². The summed E-state index contributed by atoms with van der Waals surface area (Å²) in [6, 6.07) is 57.7. The van der Waals surface area contributed by atoms with Gasteiger partial charge in [0.2, 0.25) is 0 Å². The third-order valence-corrected chi connectivity index (χ3v) is 10.1. The lowest BCUT2D eigenvalue weighted by atomic mass is 9.98. The maximum atomic E-state index is 6.16. The minimum Gasteiger partial charge on any atom is -0.456 e. The van der Waals surface area contributed by atoms with Crippen LogP contribution in [0.4, 0.5) is 0 Å². The lowest BCUT2D eigenvalue weighted by molar-refractivity contribution is 0.669. The van der Waals surface area contributed by atoms with Crippen molar-refractivity contribution in [1.29, 1.82) is 0 Å². The number of fused-ring (bicyclic) bond motifs is 8. The molecule has 11 aromatic rings. The van der Waals surface area contributed by atoms with Gasteiger partial charge in [0.1, 0.15) is 22.2 Å². The number of benzene rings is 8. The Morgan fingerprint density at radius 3 is 1.85 bits per heavy atom. The van der Waals surface area contributed by atoms with E-state index in [1.54, 1.807) is 4.80 Å². The lowest BCUT2D eigenvalue weighted by Gasteiger charge is -2.13. The molecule has 0 saturated carbocycles. The van der Waals surface area contributed by atoms with E-state index in [0.29, 0.717) is 17.5 Å². The summed E-state index contributed by atoms with van der Waals surface area (Å²) in [5, 5.41) is 16.2. The van der Waals surface area contributed by atoms with E-state index in [-0.39, 0.29) is 0 Å². The van der Waals surface area contributed by atoms with Crippen LogP contribution in [-0.4, -0.2) is 29.9 Å². The fourth-order valence-electron chi connectivity index (χ4n) is 7.50. The Hall–Kier alpha value is -7.51. The molecule has 0 fully saturated rings. The number of rotatable bonds is 5. The largest absolute Gasteiger partial charge is 0.456 e. The first kappa shape index (κ1) is 30.1. The van der Waals surface area contributed by atoms with Crippen molar-refractivity contribution in [3.05, 3.63) is 170 Å². The Morgan fingerprint density at radius 2 is 1.02 bits per heavy atom. The number of hydrogen-bond donors (Lipinski definition) is 0. The van der Waals surface area contributed by atoms with Gasteiger partial charge in [-0.2, -0.15) is 4.80 Å². The number of nitrogens with zero attached hydrogens (tertiary/aromatic N) is 6. The van der Waals surface area contributed by atoms with Crippen LogP contribution in [0.1, 0.15) is 0 Å². The average Bonchev–Trinajstić information content (AvgIpc) is 3.86. The van der Waals surface area contributed by atoms with Crippen molar-refractivity contribution in [2.45, 2.75) is 0 Å². The molecule has 54 heavy (non-hydrogen) atoms. The van der Waals surface area contributed by atoms with Crippen LogP contribution in [0.15, 0.2) is 174 Å². The quantitative estimate of drug-likeness (QED) is 0.167. The Balaban J connectivity index is 1.14. The van der Waals surface area contributed by atoms with Crippen LogP contribution >= 0.6 is 0 Å². The molecule has 0 N–H and O–H groups in total. The molecule has 8 aromatic carbocycles. The molecule has 252 valence electrons. The molecular formula is C47H28N6O. The fraction of sp³-hybridized carbons (Fsp3) is 0. The van der Waals surface area contributed by atoms with Crippen LogP contribution in [-0.2, 0) is 0 Å². The lowest BCUT2D eigenvalue weighted by Crippen LogP contribution is -2.01. The van der Waals surface area contributed by atoms with Gasteiger partial charge < -0.3 is 4.42 Å². The third-order valence-electron chi connectivity index (χ3n) is 10.1. The SMILES string of the molecule is c1ccc(-c2ccccc2-c2nc(-c3ccc4oc5ccccc5c4c3)nc(-c3ccc4ccc5ccc6nn(-c7ccccc7)nc6c5c4c3)n2)cc1. The molecule has 0 amide bonds. The van der Waals surface area contributed by atoms with Gasteiger partial charge in [-0.1, -0.05) is 121 Å². The second-order valence-electron chi connectivity index (χ2n) is 13.4. The van der Waals surface area contributed by atoms with E-state index in [0.717, 1.165) is 88.0 Å². The molecule has 7 nitrogen and oxygen atoms in total. The van der Waals surface area contributed by atoms with Gasteiger partial charge in [0, 0.05) is 32.8 Å². The second-order valence-corrected chi connectivity index (χ2v) is 13.4. The summed E-state index contributed by atoms with van der Waals surface area (Å²) >= 11 is 0. The second kappa shape index (κ2) is 12.0. The standard InChI is InChI=1S/C47H28N6O/c1-3-11-29(12-4-1)35-15-7-8-17-37(35)47-49-45(48-46(50-47)33-24-26-42-39(28-33)36-16-9-10-18-41(36)54-42)32-22-20-30-19-21-31-23-25-40-44(43(31)38(30)27-32)52-53(51-40)34-13-5-2-6-14-34/h1-28H. The molecule has 0 unspecified atom stereocenters. The highest BCUT2D eigenvalue weighted by Gasteiger charge is 2.18. The van der Waals surface area contributed by atoms with E-state index in [1.807, 2.05) is 78.9 Å². The first-order chi connectivity index (χ1) is 26.7. The van der Waals surface area contributed by atoms with Crippen LogP contribution in [0.3, 0.4) is 0 Å². The molecule has 0 aliphatic carbocycles. The summed E-state index contributed by atoms with van der Waals surface area (Å²) in [6.07, 6.45) is 0. The summed E-state index contributed by atoms with van der Waals surface area (Å²) in [5.74, 6) is 1.75. The van der Waals surface area contributed by atoms with Gasteiger partial charge in [-0.3, -0.25) is 0 Å². The van der Waals surface area contributed by atoms with Crippen molar-refractivity contribution in [3.8, 4) is 51.0 Å². The Morgan fingerprint density at radius 1 is 0.407 bits per heavy atom. The van der Waals surface area contributed by atoms with Gasteiger partial charge in [-0.05, 0) is 75.8 Å². The topological polar surface area (TPSA) is 82.5 Å². The predicted octanol–water partition coefficient (Wildman–Crippen LogP) is 11.5. The van der Waals surface area contributed by atoms with Crippen molar-refractivity contribution in [1.82, 2.24) is 29.9 Å². The number of furan rings is 1. The smallest absolute Gasteiger partial charge is 0.164 e. The minimum absolute atomic E-state index is 0.578. The first-order valence-electron chi connectivity index (χ1n) is 17.8. The Labute approximate surface area is 308 Å². The zero-order valence-electron chi connectivity index (χ0n) is 28.8. The maximum absolute atomic E-state index is 6.16. The molecule has 0 spiro atoms. The van der Waals surface area contributed by atoms with E-state index in [2.05, 4.69) is 91.0 Å². The highest BCUT2D eigenvalue weighted by Crippen LogP contribution is 2.37. The van der Waals surface area contributed by atoms with Crippen LogP contribution in [0, 0.1) is 0 Å². The average molecular weight is 693 g/mol. The van der Waals surface area contributed by atoms with Gasteiger partial charge in [0.05, 0.1) is 5.69 Å². The van der Waals surface area contributed by atoms with Gasteiger partial charge in [-0.15, -0.1) is 10.2 Å².